The number of nitrogens with one attached hydrogen (secondary N) is 1. The summed E-state index contributed by atoms with van der Waals surface area (Å²) in [6.45, 7) is 10.2. The first-order valence-electron chi connectivity index (χ1n) is 18.0. The van der Waals surface area contributed by atoms with E-state index in [1.807, 2.05) is 30.3 Å². The number of unbranched alkanes of at least 4 members (excludes halogenated alkanes) is 1. The number of benzene rings is 3. The topological polar surface area (TPSA) is 92.3 Å². The predicted octanol–water partition coefficient (Wildman–Crippen LogP) is 6.35. The number of carbonyl (C=O) groups excluding carboxylic acids is 1. The lowest BCUT2D eigenvalue weighted by Crippen LogP contribution is -2.49. The lowest BCUT2D eigenvalue weighted by molar-refractivity contribution is 0.0940. The maximum Gasteiger partial charge on any atom is 0.410 e. The number of aromatic nitrogens is 2. The number of ether oxygens (including phenoxy) is 3. The maximum atomic E-state index is 12.9. The molecule has 0 aliphatic carbocycles. The van der Waals surface area contributed by atoms with Gasteiger partial charge in [-0.1, -0.05) is 67.9 Å². The number of anilines is 2. The Morgan fingerprint density at radius 1 is 0.980 bits per heavy atom. The fraction of sp³-hybridized carbons (Fsp3) is 0.462. The lowest BCUT2D eigenvalue weighted by Gasteiger charge is -2.38. The molecule has 0 saturated carbocycles. The van der Waals surface area contributed by atoms with Gasteiger partial charge < -0.3 is 34.2 Å². The Morgan fingerprint density at radius 3 is 2.59 bits per heavy atom. The standard InChI is InChI=1S/C39H48N6O4/c1-3-4-23-47-31-24-30-13-8-9-14-32(30)36(25-31)45-18-16-33-35(26-45)41-38(49-28(2)34-15-10-17-40-34)42-37(33)43-19-21-44(22-20-43)39(46)48-27-29-11-6-5-7-12-29/h5-9,11-14,24-25,28,34,40H,3-4,10,15-23,26-27H2,1-2H3/t28-,34-/m1/s1. The van der Waals surface area contributed by atoms with E-state index < -0.39 is 0 Å². The zero-order valence-corrected chi connectivity index (χ0v) is 28.8. The summed E-state index contributed by atoms with van der Waals surface area (Å²) in [6, 6.07) is 23.4. The van der Waals surface area contributed by atoms with Crippen molar-refractivity contribution in [3.05, 3.63) is 83.6 Å². The van der Waals surface area contributed by atoms with Crippen LogP contribution in [-0.4, -0.2) is 79.0 Å². The molecule has 1 amide bonds. The SMILES string of the molecule is CCCCOc1cc(N2CCc3c(nc(O[C@H](C)[C@H]4CCCN4)nc3N3CCN(C(=O)OCc4ccccc4)CC3)C2)c2ccccc2c1. The van der Waals surface area contributed by atoms with Gasteiger partial charge in [0.1, 0.15) is 24.3 Å². The molecular weight excluding hydrogens is 616 g/mol. The molecule has 10 nitrogen and oxygen atoms in total. The first-order chi connectivity index (χ1) is 24.1. The van der Waals surface area contributed by atoms with Crippen LogP contribution in [0.25, 0.3) is 10.8 Å². The fourth-order valence-electron chi connectivity index (χ4n) is 7.12. The van der Waals surface area contributed by atoms with E-state index in [1.54, 1.807) is 4.90 Å². The highest BCUT2D eigenvalue weighted by Gasteiger charge is 2.31. The molecule has 3 aromatic carbocycles. The Balaban J connectivity index is 1.12. The van der Waals surface area contributed by atoms with Crippen LogP contribution in [0.1, 0.15) is 56.4 Å². The van der Waals surface area contributed by atoms with E-state index in [9.17, 15) is 4.79 Å². The van der Waals surface area contributed by atoms with Gasteiger partial charge in [0.2, 0.25) is 0 Å². The molecule has 2 saturated heterocycles. The van der Waals surface area contributed by atoms with Gasteiger partial charge in [-0.15, -0.1) is 0 Å². The van der Waals surface area contributed by atoms with Gasteiger partial charge in [0.15, 0.2) is 0 Å². The third-order valence-electron chi connectivity index (χ3n) is 9.94. The number of fused-ring (bicyclic) bond motifs is 2. The Morgan fingerprint density at radius 2 is 1.80 bits per heavy atom. The van der Waals surface area contributed by atoms with Crippen LogP contribution in [0.2, 0.25) is 0 Å². The third-order valence-corrected chi connectivity index (χ3v) is 9.94. The Kier molecular flexibility index (Phi) is 10.3. The molecule has 10 heteroatoms. The van der Waals surface area contributed by atoms with Crippen LogP contribution in [0.5, 0.6) is 11.8 Å². The highest BCUT2D eigenvalue weighted by atomic mass is 16.6. The van der Waals surface area contributed by atoms with Crippen molar-refractivity contribution in [1.29, 1.82) is 0 Å². The summed E-state index contributed by atoms with van der Waals surface area (Å²) in [5, 5.41) is 5.94. The smallest absolute Gasteiger partial charge is 0.410 e. The van der Waals surface area contributed by atoms with Gasteiger partial charge in [-0.3, -0.25) is 0 Å². The molecule has 4 aromatic rings. The second-order valence-corrected chi connectivity index (χ2v) is 13.3. The van der Waals surface area contributed by atoms with Gasteiger partial charge in [-0.25, -0.2) is 4.79 Å². The van der Waals surface area contributed by atoms with Crippen LogP contribution in [0.3, 0.4) is 0 Å². The van der Waals surface area contributed by atoms with E-state index in [0.717, 1.165) is 79.3 Å². The zero-order valence-electron chi connectivity index (χ0n) is 28.8. The quantitative estimate of drug-likeness (QED) is 0.184. The molecule has 2 atom stereocenters. The van der Waals surface area contributed by atoms with Crippen LogP contribution in [0.15, 0.2) is 66.7 Å². The molecular formula is C39H48N6O4. The Hall–Kier alpha value is -4.57. The van der Waals surface area contributed by atoms with Gasteiger partial charge in [0.25, 0.3) is 0 Å². The minimum atomic E-state index is -0.279. The minimum absolute atomic E-state index is 0.0507. The molecule has 258 valence electrons. The van der Waals surface area contributed by atoms with Crippen molar-refractivity contribution >= 4 is 28.4 Å². The Bertz CT molecular complexity index is 1720. The molecule has 0 radical (unpaired) electrons. The second kappa shape index (κ2) is 15.3. The number of hydrogen-bond acceptors (Lipinski definition) is 9. The number of piperazine rings is 1. The van der Waals surface area contributed by atoms with Crippen molar-refractivity contribution in [2.45, 2.75) is 71.2 Å². The van der Waals surface area contributed by atoms with Crippen molar-refractivity contribution in [1.82, 2.24) is 20.2 Å². The molecule has 0 bridgehead atoms. The average molecular weight is 665 g/mol. The van der Waals surface area contributed by atoms with E-state index in [0.29, 0.717) is 45.3 Å². The molecule has 0 unspecified atom stereocenters. The van der Waals surface area contributed by atoms with Crippen LogP contribution in [0.4, 0.5) is 16.3 Å². The Labute approximate surface area is 289 Å². The number of nitrogens with zero attached hydrogens (tertiary/aromatic N) is 5. The molecule has 4 heterocycles. The van der Waals surface area contributed by atoms with E-state index in [-0.39, 0.29) is 24.8 Å². The maximum absolute atomic E-state index is 12.9. The van der Waals surface area contributed by atoms with Gasteiger partial charge >= 0.3 is 12.1 Å². The summed E-state index contributed by atoms with van der Waals surface area (Å²) < 4.78 is 18.3. The fourth-order valence-corrected chi connectivity index (χ4v) is 7.12. The number of rotatable bonds is 11. The largest absolute Gasteiger partial charge is 0.493 e. The summed E-state index contributed by atoms with van der Waals surface area (Å²) in [4.78, 5) is 29.6. The summed E-state index contributed by atoms with van der Waals surface area (Å²) in [6.07, 6.45) is 4.83. The second-order valence-electron chi connectivity index (χ2n) is 13.3. The van der Waals surface area contributed by atoms with Gasteiger partial charge in [-0.2, -0.15) is 9.97 Å². The van der Waals surface area contributed by atoms with Gasteiger partial charge in [-0.05, 0) is 56.2 Å². The third kappa shape index (κ3) is 7.69. The van der Waals surface area contributed by atoms with Crippen LogP contribution >= 0.6 is 0 Å². The first-order valence-corrected chi connectivity index (χ1v) is 18.0. The highest BCUT2D eigenvalue weighted by Crippen LogP contribution is 2.37. The van der Waals surface area contributed by atoms with E-state index >= 15 is 0 Å². The summed E-state index contributed by atoms with van der Waals surface area (Å²) in [5.41, 5.74) is 4.29. The van der Waals surface area contributed by atoms with Crippen molar-refractivity contribution in [3.63, 3.8) is 0 Å². The molecule has 1 aromatic heterocycles. The van der Waals surface area contributed by atoms with E-state index in [1.165, 1.54) is 10.8 Å². The molecule has 3 aliphatic rings. The number of carbonyl (C=O) groups is 1. The highest BCUT2D eigenvalue weighted by molar-refractivity contribution is 5.95. The number of amides is 1. The average Bonchev–Trinajstić information content (AvgIpc) is 3.69. The molecule has 49 heavy (non-hydrogen) atoms. The van der Waals surface area contributed by atoms with Crippen molar-refractivity contribution < 1.29 is 19.0 Å². The van der Waals surface area contributed by atoms with Crippen LogP contribution in [-0.2, 0) is 24.3 Å². The summed E-state index contributed by atoms with van der Waals surface area (Å²) >= 11 is 0. The predicted molar refractivity (Wildman–Crippen MR) is 193 cm³/mol. The van der Waals surface area contributed by atoms with Crippen molar-refractivity contribution in [2.75, 3.05) is 55.7 Å². The lowest BCUT2D eigenvalue weighted by atomic mass is 10.0. The van der Waals surface area contributed by atoms with Crippen molar-refractivity contribution in [3.8, 4) is 11.8 Å². The normalized spacial score (nSPS) is 18.3. The molecule has 1 N–H and O–H groups in total. The van der Waals surface area contributed by atoms with E-state index in [2.05, 4.69) is 65.4 Å². The van der Waals surface area contributed by atoms with Crippen molar-refractivity contribution in [2.24, 2.45) is 0 Å². The van der Waals surface area contributed by atoms with Crippen LogP contribution < -0.4 is 24.6 Å². The van der Waals surface area contributed by atoms with Crippen LogP contribution in [0, 0.1) is 0 Å². The summed E-state index contributed by atoms with van der Waals surface area (Å²) in [7, 11) is 0. The molecule has 0 spiro atoms. The van der Waals surface area contributed by atoms with E-state index in [4.69, 9.17) is 24.2 Å². The molecule has 2 fully saturated rings. The molecule has 3 aliphatic heterocycles. The summed E-state index contributed by atoms with van der Waals surface area (Å²) in [5.74, 6) is 1.82. The van der Waals surface area contributed by atoms with Gasteiger partial charge in [0.05, 0.1) is 18.8 Å². The molecule has 7 rings (SSSR count). The monoisotopic (exact) mass is 664 g/mol. The zero-order chi connectivity index (χ0) is 33.6. The first kappa shape index (κ1) is 33.0. The number of hydrogen-bond donors (Lipinski definition) is 1. The van der Waals surface area contributed by atoms with Gasteiger partial charge in [0, 0.05) is 61.5 Å². The minimum Gasteiger partial charge on any atom is -0.493 e.